The van der Waals surface area contributed by atoms with E-state index in [1.54, 1.807) is 0 Å². The van der Waals surface area contributed by atoms with Gasteiger partial charge in [0.1, 0.15) is 17.7 Å². The topological polar surface area (TPSA) is 77.1 Å². The van der Waals surface area contributed by atoms with Crippen LogP contribution in [0.25, 0.3) is 0 Å². The summed E-state index contributed by atoms with van der Waals surface area (Å²) in [5.74, 6) is 0.873. The average Bonchev–Trinajstić information content (AvgIpc) is 3.01. The summed E-state index contributed by atoms with van der Waals surface area (Å²) in [6.45, 7) is 3.67. The van der Waals surface area contributed by atoms with Gasteiger partial charge in [0.05, 0.1) is 12.2 Å². The maximum absolute atomic E-state index is 4.36. The summed E-state index contributed by atoms with van der Waals surface area (Å²) in [5, 5.41) is 9.89. The van der Waals surface area contributed by atoms with E-state index in [0.717, 1.165) is 43.4 Å². The Hall–Kier alpha value is -1.40. The average molecular weight is 205 g/mol. The van der Waals surface area contributed by atoms with E-state index >= 15 is 0 Å². The number of hydrogen-bond donors (Lipinski definition) is 4. The number of aromatic nitrogens is 2. The van der Waals surface area contributed by atoms with E-state index in [1.807, 2.05) is 0 Å². The predicted octanol–water partition coefficient (Wildman–Crippen LogP) is -1.25. The third kappa shape index (κ3) is 1.51. The van der Waals surface area contributed by atoms with Gasteiger partial charge in [-0.2, -0.15) is 0 Å². The van der Waals surface area contributed by atoms with E-state index < -0.39 is 0 Å². The molecule has 0 amide bonds. The van der Waals surface area contributed by atoms with Crippen LogP contribution in [0.3, 0.4) is 0 Å². The van der Waals surface area contributed by atoms with Gasteiger partial charge in [-0.15, -0.1) is 0 Å². The minimum absolute atomic E-state index is 0.142. The van der Waals surface area contributed by atoms with Crippen molar-refractivity contribution in [3.05, 3.63) is 17.7 Å². The van der Waals surface area contributed by atoms with Crippen LogP contribution in [0.1, 0.15) is 17.6 Å². The smallest absolute Gasteiger partial charge is 0.174 e. The van der Waals surface area contributed by atoms with Crippen molar-refractivity contribution < 1.29 is 0 Å². The molecular formula is C9H13N6. The first-order valence-electron chi connectivity index (χ1n) is 5.16. The first-order chi connectivity index (χ1) is 7.45. The number of aromatic amines is 1. The Kier molecular flexibility index (Phi) is 2.15. The zero-order valence-electron chi connectivity index (χ0n) is 8.30. The van der Waals surface area contributed by atoms with E-state index in [4.69, 9.17) is 0 Å². The molecule has 3 rings (SSSR count). The summed E-state index contributed by atoms with van der Waals surface area (Å²) in [6, 6.07) is 0. The van der Waals surface area contributed by atoms with Crippen LogP contribution in [0.4, 0.5) is 0 Å². The number of aliphatic imine (C=N–C) groups is 1. The first kappa shape index (κ1) is 8.87. The molecule has 0 unspecified atom stereocenters. The third-order valence-corrected chi connectivity index (χ3v) is 2.62. The molecule has 4 N–H and O–H groups in total. The highest BCUT2D eigenvalue weighted by Crippen LogP contribution is 2.14. The lowest BCUT2D eigenvalue weighted by Gasteiger charge is -2.10. The van der Waals surface area contributed by atoms with Crippen LogP contribution >= 0.6 is 0 Å². The van der Waals surface area contributed by atoms with Crippen molar-refractivity contribution in [2.45, 2.75) is 6.17 Å². The van der Waals surface area contributed by atoms with Crippen LogP contribution in [-0.2, 0) is 0 Å². The van der Waals surface area contributed by atoms with Gasteiger partial charge < -0.3 is 10.3 Å². The Morgan fingerprint density at radius 2 is 2.07 bits per heavy atom. The Balaban J connectivity index is 1.91. The largest absolute Gasteiger partial charge is 0.367 e. The van der Waals surface area contributed by atoms with Crippen molar-refractivity contribution >= 4 is 5.84 Å². The zero-order valence-corrected chi connectivity index (χ0v) is 8.30. The van der Waals surface area contributed by atoms with Crippen molar-refractivity contribution in [1.29, 1.82) is 0 Å². The minimum Gasteiger partial charge on any atom is -0.367 e. The van der Waals surface area contributed by atoms with Gasteiger partial charge in [-0.05, 0) is 0 Å². The quantitative estimate of drug-likeness (QED) is 0.486. The molecule has 79 valence electrons. The molecule has 1 aromatic heterocycles. The summed E-state index contributed by atoms with van der Waals surface area (Å²) in [4.78, 5) is 11.6. The van der Waals surface area contributed by atoms with E-state index in [2.05, 4.69) is 37.2 Å². The van der Waals surface area contributed by atoms with Crippen molar-refractivity contribution in [2.75, 3.05) is 26.2 Å². The highest BCUT2D eigenvalue weighted by atomic mass is 15.2. The number of H-pyrrole nitrogens is 1. The van der Waals surface area contributed by atoms with Crippen LogP contribution in [-0.4, -0.2) is 42.0 Å². The molecule has 3 heterocycles. The molecular weight excluding hydrogens is 192 g/mol. The molecule has 0 spiro atoms. The molecule has 0 bridgehead atoms. The Labute approximate surface area is 87.6 Å². The van der Waals surface area contributed by atoms with Crippen molar-refractivity contribution in [2.24, 2.45) is 4.99 Å². The number of nitrogens with one attached hydrogen (secondary N) is 4. The standard InChI is InChI=1S/C9H13N6/c1-2-11-8(10-1)6-7(15-5-14-6)9-12-3-4-13-9/h8,10-11H,1-4H2,(H,12,13)(H,14,15). The van der Waals surface area contributed by atoms with Crippen molar-refractivity contribution in [1.82, 2.24) is 25.9 Å². The molecule has 1 saturated heterocycles. The summed E-state index contributed by atoms with van der Waals surface area (Å²) >= 11 is 0. The second-order valence-electron chi connectivity index (χ2n) is 3.61. The fraction of sp³-hybridized carbons (Fsp3) is 0.556. The Bertz CT molecular complexity index is 376. The molecule has 2 aliphatic heterocycles. The van der Waals surface area contributed by atoms with Gasteiger partial charge in [0, 0.05) is 19.6 Å². The number of amidine groups is 1. The van der Waals surface area contributed by atoms with Crippen LogP contribution in [0.15, 0.2) is 4.99 Å². The molecule has 1 fully saturated rings. The second-order valence-corrected chi connectivity index (χ2v) is 3.61. The van der Waals surface area contributed by atoms with E-state index in [9.17, 15) is 0 Å². The molecule has 0 atom stereocenters. The fourth-order valence-corrected chi connectivity index (χ4v) is 1.92. The van der Waals surface area contributed by atoms with Gasteiger partial charge in [-0.3, -0.25) is 15.6 Å². The highest BCUT2D eigenvalue weighted by Gasteiger charge is 2.24. The predicted molar refractivity (Wildman–Crippen MR) is 55.6 cm³/mol. The molecule has 0 aliphatic carbocycles. The SMILES string of the molecule is [c]1nc(C2=NCCN2)c(C2NCCN2)[nH]1. The Morgan fingerprint density at radius 3 is 2.80 bits per heavy atom. The Morgan fingerprint density at radius 1 is 1.20 bits per heavy atom. The monoisotopic (exact) mass is 205 g/mol. The van der Waals surface area contributed by atoms with Crippen LogP contribution in [0.5, 0.6) is 0 Å². The van der Waals surface area contributed by atoms with Gasteiger partial charge in [0.2, 0.25) is 0 Å². The molecule has 2 aliphatic rings. The lowest BCUT2D eigenvalue weighted by atomic mass is 10.2. The summed E-state index contributed by atoms with van der Waals surface area (Å²) in [5.41, 5.74) is 1.89. The lowest BCUT2D eigenvalue weighted by molar-refractivity contribution is 0.573. The third-order valence-electron chi connectivity index (χ3n) is 2.62. The maximum atomic E-state index is 4.36. The second kappa shape index (κ2) is 3.63. The van der Waals surface area contributed by atoms with Gasteiger partial charge in [0.25, 0.3) is 0 Å². The molecule has 1 radical (unpaired) electrons. The van der Waals surface area contributed by atoms with Gasteiger partial charge >= 0.3 is 0 Å². The van der Waals surface area contributed by atoms with E-state index in [1.165, 1.54) is 0 Å². The van der Waals surface area contributed by atoms with Gasteiger partial charge in [-0.1, -0.05) is 0 Å². The van der Waals surface area contributed by atoms with E-state index in [0.29, 0.717) is 0 Å². The minimum atomic E-state index is 0.142. The summed E-state index contributed by atoms with van der Waals surface area (Å²) in [6.07, 6.45) is 2.92. The summed E-state index contributed by atoms with van der Waals surface area (Å²) < 4.78 is 0. The normalized spacial score (nSPS) is 21.7. The lowest BCUT2D eigenvalue weighted by Crippen LogP contribution is -2.27. The van der Waals surface area contributed by atoms with Gasteiger partial charge in [0.15, 0.2) is 6.33 Å². The van der Waals surface area contributed by atoms with Crippen molar-refractivity contribution in [3.8, 4) is 0 Å². The van der Waals surface area contributed by atoms with E-state index in [-0.39, 0.29) is 6.17 Å². The molecule has 6 heteroatoms. The fourth-order valence-electron chi connectivity index (χ4n) is 1.92. The number of nitrogens with zero attached hydrogens (tertiary/aromatic N) is 2. The molecule has 0 saturated carbocycles. The molecule has 15 heavy (non-hydrogen) atoms. The first-order valence-corrected chi connectivity index (χ1v) is 5.16. The van der Waals surface area contributed by atoms with Gasteiger partial charge in [-0.25, -0.2) is 4.98 Å². The number of rotatable bonds is 2. The molecule has 1 aromatic rings. The van der Waals surface area contributed by atoms with Crippen molar-refractivity contribution in [3.63, 3.8) is 0 Å². The maximum Gasteiger partial charge on any atom is 0.174 e. The number of hydrogen-bond acceptors (Lipinski definition) is 5. The zero-order chi connectivity index (χ0) is 10.1. The van der Waals surface area contributed by atoms with Crippen LogP contribution in [0.2, 0.25) is 0 Å². The molecule has 6 nitrogen and oxygen atoms in total. The van der Waals surface area contributed by atoms with Crippen LogP contribution in [0, 0.1) is 6.33 Å². The summed E-state index contributed by atoms with van der Waals surface area (Å²) in [7, 11) is 0. The van der Waals surface area contributed by atoms with Crippen LogP contribution < -0.4 is 16.0 Å². The highest BCUT2D eigenvalue weighted by molar-refractivity contribution is 5.99. The molecule has 0 aromatic carbocycles. The number of imidazole rings is 1.